The maximum Gasteiger partial charge on any atom is 0.216 e. The second kappa shape index (κ2) is 5.66. The zero-order chi connectivity index (χ0) is 13.8. The maximum atomic E-state index is 9.51. The molecule has 0 atom stereocenters. The Morgan fingerprint density at radius 2 is 2.37 bits per heavy atom. The fourth-order valence-electron chi connectivity index (χ4n) is 1.57. The van der Waals surface area contributed by atoms with Crippen molar-refractivity contribution in [3.63, 3.8) is 0 Å². The van der Waals surface area contributed by atoms with Gasteiger partial charge in [-0.05, 0) is 36.0 Å². The Labute approximate surface area is 115 Å². The van der Waals surface area contributed by atoms with Gasteiger partial charge in [0.25, 0.3) is 0 Å². The number of benzene rings is 1. The standard InChI is InChI=1S/C12H14N4O2S/c1-3-11-14-15-12(19)16(11)13-7-8-4-5-9(17)10(6-8)18-2/h4-7,17H,3H2,1-2H3,(H,15,19). The molecule has 0 fully saturated rings. The third-order valence-corrected chi connectivity index (χ3v) is 2.82. The van der Waals surface area contributed by atoms with Gasteiger partial charge in [0.2, 0.25) is 4.77 Å². The number of aromatic amines is 1. The molecule has 7 heteroatoms. The van der Waals surface area contributed by atoms with E-state index < -0.39 is 0 Å². The van der Waals surface area contributed by atoms with Crippen molar-refractivity contribution >= 4 is 18.4 Å². The molecular formula is C12H14N4O2S. The number of hydrogen-bond donors (Lipinski definition) is 2. The smallest absolute Gasteiger partial charge is 0.216 e. The number of methoxy groups -OCH3 is 1. The van der Waals surface area contributed by atoms with Crippen molar-refractivity contribution in [2.75, 3.05) is 7.11 Å². The van der Waals surface area contributed by atoms with E-state index in [0.717, 1.165) is 17.8 Å². The van der Waals surface area contributed by atoms with Crippen LogP contribution in [0.5, 0.6) is 11.5 Å². The third kappa shape index (κ3) is 2.82. The molecule has 2 rings (SSSR count). The molecule has 0 aliphatic carbocycles. The van der Waals surface area contributed by atoms with E-state index in [9.17, 15) is 5.11 Å². The molecule has 0 saturated carbocycles. The Bertz CT molecular complexity index is 660. The Morgan fingerprint density at radius 1 is 1.58 bits per heavy atom. The molecule has 0 radical (unpaired) electrons. The lowest BCUT2D eigenvalue weighted by Gasteiger charge is -2.03. The van der Waals surface area contributed by atoms with Gasteiger partial charge < -0.3 is 9.84 Å². The number of ether oxygens (including phenoxy) is 1. The molecule has 0 amide bonds. The van der Waals surface area contributed by atoms with E-state index in [0.29, 0.717) is 10.5 Å². The van der Waals surface area contributed by atoms with Crippen molar-refractivity contribution < 1.29 is 9.84 Å². The molecule has 19 heavy (non-hydrogen) atoms. The number of nitrogens with zero attached hydrogens (tertiary/aromatic N) is 3. The summed E-state index contributed by atoms with van der Waals surface area (Å²) in [7, 11) is 1.50. The number of aromatic hydroxyl groups is 1. The monoisotopic (exact) mass is 278 g/mol. The molecule has 100 valence electrons. The van der Waals surface area contributed by atoms with Gasteiger partial charge in [0.15, 0.2) is 17.3 Å². The largest absolute Gasteiger partial charge is 0.504 e. The summed E-state index contributed by atoms with van der Waals surface area (Å²) in [5, 5.41) is 20.5. The predicted octanol–water partition coefficient (Wildman–Crippen LogP) is 2.10. The summed E-state index contributed by atoms with van der Waals surface area (Å²) in [6.07, 6.45) is 2.36. The van der Waals surface area contributed by atoms with Gasteiger partial charge in [-0.25, -0.2) is 0 Å². The highest BCUT2D eigenvalue weighted by Gasteiger charge is 2.03. The third-order valence-electron chi connectivity index (χ3n) is 2.56. The first-order valence-corrected chi connectivity index (χ1v) is 6.14. The molecular weight excluding hydrogens is 264 g/mol. The van der Waals surface area contributed by atoms with E-state index in [1.165, 1.54) is 7.11 Å². The molecule has 1 aromatic carbocycles. The van der Waals surface area contributed by atoms with Crippen molar-refractivity contribution in [1.82, 2.24) is 14.9 Å². The van der Waals surface area contributed by atoms with Gasteiger partial charge in [0.1, 0.15) is 0 Å². The number of aromatic nitrogens is 3. The average molecular weight is 278 g/mol. The minimum Gasteiger partial charge on any atom is -0.504 e. The molecule has 0 aliphatic heterocycles. The van der Waals surface area contributed by atoms with E-state index in [-0.39, 0.29) is 5.75 Å². The summed E-state index contributed by atoms with van der Waals surface area (Å²) in [4.78, 5) is 0. The van der Waals surface area contributed by atoms with Gasteiger partial charge in [-0.1, -0.05) is 6.92 Å². The summed E-state index contributed by atoms with van der Waals surface area (Å²) < 4.78 is 7.04. The number of phenolic OH excluding ortho intramolecular Hbond substituents is 1. The predicted molar refractivity (Wildman–Crippen MR) is 74.4 cm³/mol. The highest BCUT2D eigenvalue weighted by atomic mass is 32.1. The van der Waals surface area contributed by atoms with E-state index >= 15 is 0 Å². The van der Waals surface area contributed by atoms with E-state index in [4.69, 9.17) is 17.0 Å². The van der Waals surface area contributed by atoms with Crippen LogP contribution in [0, 0.1) is 4.77 Å². The van der Waals surface area contributed by atoms with Gasteiger partial charge >= 0.3 is 0 Å². The average Bonchev–Trinajstić information content (AvgIpc) is 2.78. The number of H-pyrrole nitrogens is 1. The topological polar surface area (TPSA) is 75.4 Å². The number of nitrogens with one attached hydrogen (secondary N) is 1. The fourth-order valence-corrected chi connectivity index (χ4v) is 1.77. The highest BCUT2D eigenvalue weighted by molar-refractivity contribution is 7.71. The van der Waals surface area contributed by atoms with Gasteiger partial charge in [-0.2, -0.15) is 14.9 Å². The lowest BCUT2D eigenvalue weighted by Crippen LogP contribution is -1.97. The minimum atomic E-state index is 0.0915. The lowest BCUT2D eigenvalue weighted by molar-refractivity contribution is 0.373. The zero-order valence-electron chi connectivity index (χ0n) is 10.6. The Morgan fingerprint density at radius 3 is 3.05 bits per heavy atom. The molecule has 0 unspecified atom stereocenters. The quantitative estimate of drug-likeness (QED) is 0.663. The van der Waals surface area contributed by atoms with Gasteiger partial charge in [-0.15, -0.1) is 0 Å². The number of phenols is 1. The van der Waals surface area contributed by atoms with Crippen LogP contribution in [0.1, 0.15) is 18.3 Å². The van der Waals surface area contributed by atoms with Crippen LogP contribution in [0.15, 0.2) is 23.3 Å². The van der Waals surface area contributed by atoms with Crippen LogP contribution in [0.4, 0.5) is 0 Å². The van der Waals surface area contributed by atoms with Crippen molar-refractivity contribution in [1.29, 1.82) is 0 Å². The minimum absolute atomic E-state index is 0.0915. The number of rotatable bonds is 4. The summed E-state index contributed by atoms with van der Waals surface area (Å²) in [5.41, 5.74) is 0.791. The Kier molecular flexibility index (Phi) is 3.96. The van der Waals surface area contributed by atoms with E-state index in [2.05, 4.69) is 15.3 Å². The molecule has 2 aromatic rings. The van der Waals surface area contributed by atoms with Crippen LogP contribution in [0.2, 0.25) is 0 Å². The molecule has 0 aliphatic rings. The Hall–Kier alpha value is -2.15. The molecule has 0 bridgehead atoms. The first-order chi connectivity index (χ1) is 9.15. The molecule has 2 N–H and O–H groups in total. The second-order valence-electron chi connectivity index (χ2n) is 3.79. The van der Waals surface area contributed by atoms with Gasteiger partial charge in [0.05, 0.1) is 13.3 Å². The van der Waals surface area contributed by atoms with E-state index in [1.807, 2.05) is 6.92 Å². The summed E-state index contributed by atoms with van der Waals surface area (Å²) in [5.74, 6) is 1.25. The SMILES string of the molecule is CCc1n[nH]c(=S)n1N=Cc1ccc(O)c(OC)c1. The van der Waals surface area contributed by atoms with Crippen molar-refractivity contribution in [2.45, 2.75) is 13.3 Å². The van der Waals surface area contributed by atoms with Crippen LogP contribution in [0.25, 0.3) is 0 Å². The first-order valence-electron chi connectivity index (χ1n) is 5.73. The van der Waals surface area contributed by atoms with Gasteiger partial charge in [0, 0.05) is 6.42 Å². The summed E-state index contributed by atoms with van der Waals surface area (Å²) in [6.45, 7) is 1.97. The van der Waals surface area contributed by atoms with Crippen LogP contribution in [-0.2, 0) is 6.42 Å². The van der Waals surface area contributed by atoms with Crippen LogP contribution in [0.3, 0.4) is 0 Å². The molecule has 1 aromatic heterocycles. The summed E-state index contributed by atoms with van der Waals surface area (Å²) >= 11 is 5.09. The Balaban J connectivity index is 2.32. The maximum absolute atomic E-state index is 9.51. The molecule has 0 spiro atoms. The van der Waals surface area contributed by atoms with Crippen LogP contribution in [-0.4, -0.2) is 33.3 Å². The second-order valence-corrected chi connectivity index (χ2v) is 4.17. The summed E-state index contributed by atoms with van der Waals surface area (Å²) in [6, 6.07) is 4.97. The van der Waals surface area contributed by atoms with Gasteiger partial charge in [-0.3, -0.25) is 5.10 Å². The van der Waals surface area contributed by atoms with Crippen LogP contribution < -0.4 is 4.74 Å². The molecule has 0 saturated heterocycles. The van der Waals surface area contributed by atoms with Crippen molar-refractivity contribution in [3.8, 4) is 11.5 Å². The van der Waals surface area contributed by atoms with E-state index in [1.54, 1.807) is 29.1 Å². The molecule has 6 nitrogen and oxygen atoms in total. The van der Waals surface area contributed by atoms with Crippen molar-refractivity contribution in [3.05, 3.63) is 34.4 Å². The highest BCUT2D eigenvalue weighted by Crippen LogP contribution is 2.25. The van der Waals surface area contributed by atoms with Crippen LogP contribution >= 0.6 is 12.2 Å². The fraction of sp³-hybridized carbons (Fsp3) is 0.250. The first kappa shape index (κ1) is 13.3. The number of hydrogen-bond acceptors (Lipinski definition) is 5. The molecule has 1 heterocycles. The normalized spacial score (nSPS) is 11.1. The zero-order valence-corrected chi connectivity index (χ0v) is 11.4. The lowest BCUT2D eigenvalue weighted by atomic mass is 10.2. The number of aryl methyl sites for hydroxylation is 1. The van der Waals surface area contributed by atoms with Crippen molar-refractivity contribution in [2.24, 2.45) is 5.10 Å².